The molecule has 178 valence electrons. The molecule has 0 saturated carbocycles. The van der Waals surface area contributed by atoms with Crippen LogP contribution in [0.1, 0.15) is 28.8 Å². The topological polar surface area (TPSA) is 67.2 Å². The molecular weight excluding hydrogens is 443 g/mol. The summed E-state index contributed by atoms with van der Waals surface area (Å²) in [5.41, 5.74) is 4.11. The first-order chi connectivity index (χ1) is 17.1. The SMILES string of the molecule is O=C(NCCc1ccccc1F)C1CCN(C(=O)c2ccc(-n3cnc4ccccc43)cc2)CC1. The van der Waals surface area contributed by atoms with E-state index in [2.05, 4.69) is 10.3 Å². The van der Waals surface area contributed by atoms with Gasteiger partial charge in [0.2, 0.25) is 5.91 Å². The first kappa shape index (κ1) is 22.8. The third-order valence-corrected chi connectivity index (χ3v) is 6.65. The van der Waals surface area contributed by atoms with E-state index in [0.717, 1.165) is 16.7 Å². The van der Waals surface area contributed by atoms with Gasteiger partial charge in [-0.3, -0.25) is 14.2 Å². The fourth-order valence-corrected chi connectivity index (χ4v) is 4.62. The van der Waals surface area contributed by atoms with Gasteiger partial charge >= 0.3 is 0 Å². The van der Waals surface area contributed by atoms with Crippen LogP contribution in [0, 0.1) is 11.7 Å². The van der Waals surface area contributed by atoms with E-state index in [0.29, 0.717) is 50.0 Å². The molecule has 0 atom stereocenters. The molecule has 35 heavy (non-hydrogen) atoms. The minimum absolute atomic E-state index is 0.0227. The summed E-state index contributed by atoms with van der Waals surface area (Å²) in [6.45, 7) is 1.48. The third kappa shape index (κ3) is 4.94. The quantitative estimate of drug-likeness (QED) is 0.455. The van der Waals surface area contributed by atoms with E-state index in [4.69, 9.17) is 0 Å². The normalized spacial score (nSPS) is 14.3. The lowest BCUT2D eigenvalue weighted by Gasteiger charge is -2.31. The van der Waals surface area contributed by atoms with Gasteiger partial charge in [0.1, 0.15) is 12.1 Å². The molecule has 3 aromatic carbocycles. The van der Waals surface area contributed by atoms with Crippen molar-refractivity contribution in [1.29, 1.82) is 0 Å². The van der Waals surface area contributed by atoms with Gasteiger partial charge in [0.05, 0.1) is 11.0 Å². The van der Waals surface area contributed by atoms with E-state index in [9.17, 15) is 14.0 Å². The number of rotatable bonds is 6. The number of benzene rings is 3. The summed E-state index contributed by atoms with van der Waals surface area (Å²) in [4.78, 5) is 31.8. The summed E-state index contributed by atoms with van der Waals surface area (Å²) >= 11 is 0. The maximum atomic E-state index is 13.7. The molecule has 6 nitrogen and oxygen atoms in total. The Kier molecular flexibility index (Phi) is 6.57. The van der Waals surface area contributed by atoms with Crippen LogP contribution in [-0.4, -0.2) is 45.9 Å². The number of likely N-dealkylation sites (tertiary alicyclic amines) is 1. The van der Waals surface area contributed by atoms with Gasteiger partial charge in [-0.1, -0.05) is 30.3 Å². The molecule has 4 aromatic rings. The predicted octanol–water partition coefficient (Wildman–Crippen LogP) is 4.38. The van der Waals surface area contributed by atoms with Crippen molar-refractivity contribution in [3.63, 3.8) is 0 Å². The number of fused-ring (bicyclic) bond motifs is 1. The Morgan fingerprint density at radius 2 is 1.66 bits per heavy atom. The van der Waals surface area contributed by atoms with Crippen LogP contribution in [-0.2, 0) is 11.2 Å². The average molecular weight is 471 g/mol. The number of para-hydroxylation sites is 2. The number of hydrogen-bond acceptors (Lipinski definition) is 3. The van der Waals surface area contributed by atoms with E-state index in [1.165, 1.54) is 6.07 Å². The van der Waals surface area contributed by atoms with Crippen LogP contribution in [0.4, 0.5) is 4.39 Å². The number of nitrogens with zero attached hydrogens (tertiary/aromatic N) is 3. The van der Waals surface area contributed by atoms with Crippen molar-refractivity contribution >= 4 is 22.8 Å². The number of aromatic nitrogens is 2. The standard InChI is InChI=1S/C28H27FN4O2/c29-24-6-2-1-5-20(24)13-16-30-27(34)21-14-17-32(18-15-21)28(35)22-9-11-23(12-10-22)33-19-31-25-7-3-4-8-26(25)33/h1-12,19,21H,13-18H2,(H,30,34). The van der Waals surface area contributed by atoms with Crippen molar-refractivity contribution in [2.24, 2.45) is 5.92 Å². The second-order valence-corrected chi connectivity index (χ2v) is 8.85. The van der Waals surface area contributed by atoms with Crippen LogP contribution in [0.15, 0.2) is 79.1 Å². The number of carbonyl (C=O) groups excluding carboxylic acids is 2. The number of nitrogens with one attached hydrogen (secondary N) is 1. The molecule has 0 radical (unpaired) electrons. The third-order valence-electron chi connectivity index (χ3n) is 6.65. The van der Waals surface area contributed by atoms with Crippen LogP contribution in [0.3, 0.4) is 0 Å². The zero-order valence-corrected chi connectivity index (χ0v) is 19.4. The lowest BCUT2D eigenvalue weighted by molar-refractivity contribution is -0.126. The van der Waals surface area contributed by atoms with Crippen molar-refractivity contribution < 1.29 is 14.0 Å². The van der Waals surface area contributed by atoms with Gasteiger partial charge in [-0.05, 0) is 67.3 Å². The monoisotopic (exact) mass is 470 g/mol. The Labute approximate surface area is 203 Å². The van der Waals surface area contributed by atoms with Gasteiger partial charge in [0, 0.05) is 36.8 Å². The first-order valence-corrected chi connectivity index (χ1v) is 11.9. The highest BCUT2D eigenvalue weighted by molar-refractivity contribution is 5.94. The lowest BCUT2D eigenvalue weighted by Crippen LogP contribution is -2.43. The molecule has 0 spiro atoms. The van der Waals surface area contributed by atoms with E-state index in [1.807, 2.05) is 58.0 Å². The van der Waals surface area contributed by atoms with E-state index in [1.54, 1.807) is 24.5 Å². The molecular formula is C28H27FN4O2. The molecule has 5 rings (SSSR count). The van der Waals surface area contributed by atoms with Gasteiger partial charge in [-0.15, -0.1) is 0 Å². The highest BCUT2D eigenvalue weighted by atomic mass is 19.1. The Hall–Kier alpha value is -4.00. The second kappa shape index (κ2) is 10.1. The maximum Gasteiger partial charge on any atom is 0.253 e. The predicted molar refractivity (Wildman–Crippen MR) is 133 cm³/mol. The Balaban J connectivity index is 1.13. The summed E-state index contributed by atoms with van der Waals surface area (Å²) < 4.78 is 15.7. The molecule has 1 aliphatic rings. The smallest absolute Gasteiger partial charge is 0.253 e. The van der Waals surface area contributed by atoms with Gasteiger partial charge in [0.15, 0.2) is 0 Å². The van der Waals surface area contributed by atoms with Crippen LogP contribution >= 0.6 is 0 Å². The molecule has 1 fully saturated rings. The van der Waals surface area contributed by atoms with E-state index < -0.39 is 0 Å². The number of amides is 2. The van der Waals surface area contributed by atoms with Gasteiger partial charge in [-0.25, -0.2) is 9.37 Å². The van der Waals surface area contributed by atoms with Crippen LogP contribution in [0.25, 0.3) is 16.7 Å². The van der Waals surface area contributed by atoms with Gasteiger partial charge in [-0.2, -0.15) is 0 Å². The van der Waals surface area contributed by atoms with Crippen LogP contribution in [0.5, 0.6) is 0 Å². The summed E-state index contributed by atoms with van der Waals surface area (Å²) in [6.07, 6.45) is 3.49. The van der Waals surface area contributed by atoms with Crippen molar-refractivity contribution in [2.75, 3.05) is 19.6 Å². The molecule has 1 N–H and O–H groups in total. The van der Waals surface area contributed by atoms with Crippen molar-refractivity contribution in [3.05, 3.63) is 96.1 Å². The van der Waals surface area contributed by atoms with Gasteiger partial charge in [0.25, 0.3) is 5.91 Å². The summed E-state index contributed by atoms with van der Waals surface area (Å²) in [7, 11) is 0. The van der Waals surface area contributed by atoms with Crippen molar-refractivity contribution in [1.82, 2.24) is 19.8 Å². The molecule has 1 aliphatic heterocycles. The first-order valence-electron chi connectivity index (χ1n) is 11.9. The van der Waals surface area contributed by atoms with E-state index in [-0.39, 0.29) is 23.5 Å². The van der Waals surface area contributed by atoms with Crippen LogP contribution < -0.4 is 5.32 Å². The number of piperidine rings is 1. The highest BCUT2D eigenvalue weighted by Crippen LogP contribution is 2.22. The second-order valence-electron chi connectivity index (χ2n) is 8.85. The lowest BCUT2D eigenvalue weighted by atomic mass is 9.95. The largest absolute Gasteiger partial charge is 0.356 e. The molecule has 7 heteroatoms. The van der Waals surface area contributed by atoms with E-state index >= 15 is 0 Å². The molecule has 2 heterocycles. The minimum atomic E-state index is -0.250. The highest BCUT2D eigenvalue weighted by Gasteiger charge is 2.27. The maximum absolute atomic E-state index is 13.7. The fourth-order valence-electron chi connectivity index (χ4n) is 4.62. The summed E-state index contributed by atoms with van der Waals surface area (Å²) in [5, 5.41) is 2.92. The number of carbonyl (C=O) groups is 2. The van der Waals surface area contributed by atoms with Crippen molar-refractivity contribution in [3.8, 4) is 5.69 Å². The minimum Gasteiger partial charge on any atom is -0.356 e. The number of hydrogen-bond donors (Lipinski definition) is 1. The molecule has 0 bridgehead atoms. The average Bonchev–Trinajstić information content (AvgIpc) is 3.34. The Morgan fingerprint density at radius 3 is 2.43 bits per heavy atom. The summed E-state index contributed by atoms with van der Waals surface area (Å²) in [5.74, 6) is -0.424. The molecule has 1 saturated heterocycles. The molecule has 1 aromatic heterocycles. The van der Waals surface area contributed by atoms with Crippen molar-refractivity contribution in [2.45, 2.75) is 19.3 Å². The molecule has 0 unspecified atom stereocenters. The zero-order valence-electron chi connectivity index (χ0n) is 19.4. The zero-order chi connectivity index (χ0) is 24.2. The molecule has 2 amide bonds. The summed E-state index contributed by atoms with van der Waals surface area (Å²) in [6, 6.07) is 22.1. The fraction of sp³-hybridized carbons (Fsp3) is 0.250. The number of halogens is 1. The van der Waals surface area contributed by atoms with Crippen LogP contribution in [0.2, 0.25) is 0 Å². The Morgan fingerprint density at radius 1 is 0.943 bits per heavy atom. The number of imidazole rings is 1. The van der Waals surface area contributed by atoms with Gasteiger partial charge < -0.3 is 10.2 Å². The molecule has 0 aliphatic carbocycles. The Bertz CT molecular complexity index is 1340.